The molecule has 0 bridgehead atoms. The molecule has 15 heavy (non-hydrogen) atoms. The summed E-state index contributed by atoms with van der Waals surface area (Å²) in [7, 11) is 0. The third-order valence-electron chi connectivity index (χ3n) is 2.06. The Hall–Kier alpha value is -1.06. The van der Waals surface area contributed by atoms with Crippen molar-refractivity contribution in [3.05, 3.63) is 0 Å². The number of hydrogen-bond acceptors (Lipinski definition) is 3. The Labute approximate surface area is 91.2 Å². The summed E-state index contributed by atoms with van der Waals surface area (Å²) in [4.78, 5) is 21.8. The van der Waals surface area contributed by atoms with Gasteiger partial charge in [0.05, 0.1) is 6.10 Å². The van der Waals surface area contributed by atoms with Gasteiger partial charge in [-0.1, -0.05) is 13.8 Å². The van der Waals surface area contributed by atoms with Crippen molar-refractivity contribution in [2.45, 2.75) is 52.6 Å². The standard InChI is InChI=1S/C11H21NO3/c1-8(2)4-7-11(14)15-9(3)5-6-10(12)13/h8-9H,4-7H2,1-3H3,(H2,12,13)/t9-/m0/s1. The maximum atomic E-state index is 11.3. The fourth-order valence-electron chi connectivity index (χ4n) is 1.09. The topological polar surface area (TPSA) is 69.4 Å². The third-order valence-corrected chi connectivity index (χ3v) is 2.06. The summed E-state index contributed by atoms with van der Waals surface area (Å²) < 4.78 is 5.10. The lowest BCUT2D eigenvalue weighted by atomic mass is 10.1. The van der Waals surface area contributed by atoms with Crippen molar-refractivity contribution in [2.24, 2.45) is 11.7 Å². The monoisotopic (exact) mass is 215 g/mol. The van der Waals surface area contributed by atoms with Crippen molar-refractivity contribution in [1.29, 1.82) is 0 Å². The summed E-state index contributed by atoms with van der Waals surface area (Å²) in [5, 5.41) is 0. The van der Waals surface area contributed by atoms with Crippen LogP contribution < -0.4 is 5.73 Å². The number of hydrogen-bond donors (Lipinski definition) is 1. The Kier molecular flexibility index (Phi) is 6.75. The first-order valence-electron chi connectivity index (χ1n) is 5.39. The van der Waals surface area contributed by atoms with Crippen LogP contribution in [0.5, 0.6) is 0 Å². The van der Waals surface area contributed by atoms with E-state index in [0.29, 0.717) is 18.8 Å². The summed E-state index contributed by atoms with van der Waals surface area (Å²) in [6.45, 7) is 5.89. The molecule has 4 heteroatoms. The van der Waals surface area contributed by atoms with Crippen molar-refractivity contribution in [1.82, 2.24) is 0 Å². The molecule has 0 saturated heterocycles. The predicted molar refractivity (Wildman–Crippen MR) is 58.1 cm³/mol. The smallest absolute Gasteiger partial charge is 0.306 e. The molecular weight excluding hydrogens is 194 g/mol. The van der Waals surface area contributed by atoms with E-state index in [1.807, 2.05) is 0 Å². The lowest BCUT2D eigenvalue weighted by Gasteiger charge is -2.12. The molecule has 88 valence electrons. The molecule has 0 rings (SSSR count). The predicted octanol–water partition coefficient (Wildman–Crippen LogP) is 1.62. The summed E-state index contributed by atoms with van der Waals surface area (Å²) in [6, 6.07) is 0. The van der Waals surface area contributed by atoms with Crippen LogP contribution in [0.4, 0.5) is 0 Å². The number of carbonyl (C=O) groups is 2. The molecule has 0 radical (unpaired) electrons. The van der Waals surface area contributed by atoms with Crippen molar-refractivity contribution < 1.29 is 14.3 Å². The van der Waals surface area contributed by atoms with Gasteiger partial charge in [0.25, 0.3) is 0 Å². The van der Waals surface area contributed by atoms with Crippen LogP contribution in [0.1, 0.15) is 46.5 Å². The number of ether oxygens (including phenoxy) is 1. The number of esters is 1. The molecule has 0 unspecified atom stereocenters. The highest BCUT2D eigenvalue weighted by Crippen LogP contribution is 2.08. The maximum absolute atomic E-state index is 11.3. The van der Waals surface area contributed by atoms with Gasteiger partial charge in [0, 0.05) is 12.8 Å². The molecule has 0 aromatic rings. The molecule has 1 amide bonds. The molecule has 2 N–H and O–H groups in total. The fourth-order valence-corrected chi connectivity index (χ4v) is 1.09. The van der Waals surface area contributed by atoms with Crippen LogP contribution in [-0.2, 0) is 14.3 Å². The third kappa shape index (κ3) is 9.25. The van der Waals surface area contributed by atoms with Gasteiger partial charge in [0.15, 0.2) is 0 Å². The zero-order chi connectivity index (χ0) is 11.8. The molecule has 0 saturated carbocycles. The highest BCUT2D eigenvalue weighted by atomic mass is 16.5. The summed E-state index contributed by atoms with van der Waals surface area (Å²) in [5.41, 5.74) is 4.99. The van der Waals surface area contributed by atoms with E-state index in [0.717, 1.165) is 6.42 Å². The van der Waals surface area contributed by atoms with E-state index in [4.69, 9.17) is 10.5 Å². The molecule has 0 aliphatic carbocycles. The van der Waals surface area contributed by atoms with Crippen molar-refractivity contribution in [3.8, 4) is 0 Å². The minimum atomic E-state index is -0.361. The highest BCUT2D eigenvalue weighted by molar-refractivity contribution is 5.73. The molecule has 0 fully saturated rings. The SMILES string of the molecule is CC(C)CCC(=O)O[C@@H](C)CCC(N)=O. The van der Waals surface area contributed by atoms with Crippen LogP contribution in [0, 0.1) is 5.92 Å². The zero-order valence-corrected chi connectivity index (χ0v) is 9.79. The van der Waals surface area contributed by atoms with Crippen molar-refractivity contribution >= 4 is 11.9 Å². The van der Waals surface area contributed by atoms with Gasteiger partial charge in [0.1, 0.15) is 0 Å². The summed E-state index contributed by atoms with van der Waals surface area (Å²) in [5.74, 6) is -0.0563. The van der Waals surface area contributed by atoms with Gasteiger partial charge in [0.2, 0.25) is 5.91 Å². The van der Waals surface area contributed by atoms with Crippen LogP contribution in [0.15, 0.2) is 0 Å². The zero-order valence-electron chi connectivity index (χ0n) is 9.79. The molecule has 0 aromatic carbocycles. The van der Waals surface area contributed by atoms with Crippen LogP contribution in [0.2, 0.25) is 0 Å². The number of nitrogens with two attached hydrogens (primary N) is 1. The van der Waals surface area contributed by atoms with Crippen molar-refractivity contribution in [2.75, 3.05) is 0 Å². The molecule has 0 spiro atoms. The van der Waals surface area contributed by atoms with Gasteiger partial charge in [-0.05, 0) is 25.7 Å². The summed E-state index contributed by atoms with van der Waals surface area (Å²) in [6.07, 6.45) is 1.82. The lowest BCUT2D eigenvalue weighted by Crippen LogP contribution is -2.19. The molecule has 0 aliphatic rings. The van der Waals surface area contributed by atoms with E-state index in [9.17, 15) is 9.59 Å². The van der Waals surface area contributed by atoms with E-state index >= 15 is 0 Å². The van der Waals surface area contributed by atoms with Gasteiger partial charge in [-0.15, -0.1) is 0 Å². The maximum Gasteiger partial charge on any atom is 0.306 e. The Morgan fingerprint density at radius 3 is 2.20 bits per heavy atom. The number of rotatable bonds is 7. The first-order valence-corrected chi connectivity index (χ1v) is 5.39. The Morgan fingerprint density at radius 1 is 1.13 bits per heavy atom. The van der Waals surface area contributed by atoms with Crippen LogP contribution in [-0.4, -0.2) is 18.0 Å². The van der Waals surface area contributed by atoms with E-state index in [2.05, 4.69) is 13.8 Å². The fraction of sp³-hybridized carbons (Fsp3) is 0.818. The van der Waals surface area contributed by atoms with Crippen molar-refractivity contribution in [3.63, 3.8) is 0 Å². The second kappa shape index (κ2) is 7.26. The number of amides is 1. The number of primary amides is 1. The van der Waals surface area contributed by atoms with Gasteiger partial charge in [-0.2, -0.15) is 0 Å². The van der Waals surface area contributed by atoms with Crippen LogP contribution >= 0.6 is 0 Å². The van der Waals surface area contributed by atoms with Gasteiger partial charge in [-0.25, -0.2) is 0 Å². The van der Waals surface area contributed by atoms with E-state index in [1.54, 1.807) is 6.92 Å². The average molecular weight is 215 g/mol. The lowest BCUT2D eigenvalue weighted by molar-refractivity contribution is -0.149. The number of carbonyl (C=O) groups excluding carboxylic acids is 2. The highest BCUT2D eigenvalue weighted by Gasteiger charge is 2.10. The Balaban J connectivity index is 3.62. The molecule has 1 atom stereocenters. The molecule has 0 aromatic heterocycles. The van der Waals surface area contributed by atoms with Crippen LogP contribution in [0.3, 0.4) is 0 Å². The molecule has 0 heterocycles. The largest absolute Gasteiger partial charge is 0.463 e. The minimum absolute atomic E-state index is 0.194. The average Bonchev–Trinajstić information content (AvgIpc) is 2.11. The minimum Gasteiger partial charge on any atom is -0.463 e. The first-order chi connectivity index (χ1) is 6.91. The normalized spacial score (nSPS) is 12.5. The van der Waals surface area contributed by atoms with Gasteiger partial charge < -0.3 is 10.5 Å². The quantitative estimate of drug-likeness (QED) is 0.656. The van der Waals surface area contributed by atoms with E-state index < -0.39 is 0 Å². The molecule has 4 nitrogen and oxygen atoms in total. The Bertz CT molecular complexity index is 214. The summed E-state index contributed by atoms with van der Waals surface area (Å²) >= 11 is 0. The second-order valence-electron chi connectivity index (χ2n) is 4.24. The Morgan fingerprint density at radius 2 is 1.73 bits per heavy atom. The van der Waals surface area contributed by atoms with Gasteiger partial charge in [-0.3, -0.25) is 9.59 Å². The molecule has 0 aliphatic heterocycles. The van der Waals surface area contributed by atoms with E-state index in [1.165, 1.54) is 0 Å². The van der Waals surface area contributed by atoms with E-state index in [-0.39, 0.29) is 24.4 Å². The second-order valence-corrected chi connectivity index (χ2v) is 4.24. The van der Waals surface area contributed by atoms with Crippen LogP contribution in [0.25, 0.3) is 0 Å². The molecular formula is C11H21NO3. The van der Waals surface area contributed by atoms with Gasteiger partial charge >= 0.3 is 5.97 Å². The first kappa shape index (κ1) is 13.9.